The Morgan fingerprint density at radius 3 is 0.564 bits per heavy atom. The number of rotatable bonds is 11. The van der Waals surface area contributed by atoms with Gasteiger partial charge in [0, 0.05) is 0 Å². The molecular weight excluding hydrogens is 969 g/mol. The zero-order valence-electron chi connectivity index (χ0n) is 43.2. The van der Waals surface area contributed by atoms with E-state index < -0.39 is 16.1 Å². The van der Waals surface area contributed by atoms with Crippen molar-refractivity contribution in [1.29, 1.82) is 0 Å². The van der Waals surface area contributed by atoms with E-state index in [0.717, 1.165) is 0 Å². The van der Waals surface area contributed by atoms with Crippen LogP contribution in [-0.4, -0.2) is 16.1 Å². The third-order valence-corrected chi connectivity index (χ3v) is 26.3. The predicted molar refractivity (Wildman–Crippen MR) is 340 cm³/mol. The molecule has 0 saturated carbocycles. The molecule has 0 nitrogen and oxygen atoms in total. The fraction of sp³-hybridized carbons (Fsp3) is 0. The average Bonchev–Trinajstić information content (AvgIpc) is 3.72. The zero-order valence-corrected chi connectivity index (χ0v) is 45.2. The van der Waals surface area contributed by atoms with Gasteiger partial charge in [-0.25, -0.2) is 0 Å². The number of hydrogen-bond acceptors (Lipinski definition) is 0. The first-order valence-corrected chi connectivity index (χ1v) is 31.2. The molecule has 14 aromatic rings. The normalized spacial score (nSPS) is 11.8. The van der Waals surface area contributed by atoms with Crippen LogP contribution in [0.4, 0.5) is 0 Å². The Bertz CT molecular complexity index is 4030. The summed E-state index contributed by atoms with van der Waals surface area (Å²) in [4.78, 5) is 0. The van der Waals surface area contributed by atoms with Gasteiger partial charge in [-0.1, -0.05) is 328 Å². The van der Waals surface area contributed by atoms with Crippen molar-refractivity contribution < 1.29 is 0 Å². The summed E-state index contributed by atoms with van der Waals surface area (Å²) in [6.07, 6.45) is 0. The molecule has 0 N–H and O–H groups in total. The summed E-state index contributed by atoms with van der Waals surface area (Å²) >= 11 is 0. The standard InChI is InChI=1S/C76H54Si2/c1-7-27-55(28-8-1)77(56-29-9-2-10-30-56,57-31-11-3-12-32-57)75-53-51-71(67-41-21-23-43-73(67)75)66-48-26-45-63-64(66)46-25-47-65(63)69-49-50-70(62-40-20-19-39-61(62)69)72-52-54-76(74-44-24-22-42-68(72)74)78(58-33-13-4-14-34-58,59-35-15-5-16-36-59)60-37-17-6-18-38-60/h1-54H. The minimum absolute atomic E-state index is 1.23. The van der Waals surface area contributed by atoms with Gasteiger partial charge in [0.1, 0.15) is 0 Å². The second-order valence-electron chi connectivity index (χ2n) is 20.5. The Balaban J connectivity index is 0.934. The van der Waals surface area contributed by atoms with Crippen molar-refractivity contribution in [3.8, 4) is 33.4 Å². The van der Waals surface area contributed by atoms with Gasteiger partial charge in [0.15, 0.2) is 16.1 Å². The molecule has 14 aromatic carbocycles. The molecule has 366 valence electrons. The van der Waals surface area contributed by atoms with Crippen LogP contribution in [0, 0.1) is 0 Å². The maximum atomic E-state index is 2.47. The zero-order chi connectivity index (χ0) is 51.9. The SMILES string of the molecule is c1ccc([Si](c2ccccc2)(c2ccccc2)c2ccc(-c3cccc4c(-c5ccc(-c6ccc([Si](c7ccccc7)(c7ccccc7)c7ccccc7)c7ccccc67)c6ccccc56)cccc34)c3ccccc23)cc1. The first kappa shape index (κ1) is 47.0. The fourth-order valence-corrected chi connectivity index (χ4v) is 23.3. The molecule has 0 fully saturated rings. The van der Waals surface area contributed by atoms with Crippen LogP contribution in [0.5, 0.6) is 0 Å². The molecular formula is C76H54Si2. The van der Waals surface area contributed by atoms with E-state index in [2.05, 4.69) is 328 Å². The average molecular weight is 1020 g/mol. The smallest absolute Gasteiger partial charge is 0.0623 e. The van der Waals surface area contributed by atoms with Crippen molar-refractivity contribution in [1.82, 2.24) is 0 Å². The van der Waals surface area contributed by atoms with Gasteiger partial charge in [-0.15, -0.1) is 0 Å². The quantitative estimate of drug-likeness (QED) is 0.0895. The van der Waals surface area contributed by atoms with Gasteiger partial charge in [0.05, 0.1) is 0 Å². The van der Waals surface area contributed by atoms with Crippen molar-refractivity contribution >= 4 is 101 Å². The van der Waals surface area contributed by atoms with Gasteiger partial charge in [-0.2, -0.15) is 0 Å². The number of hydrogen-bond donors (Lipinski definition) is 0. The van der Waals surface area contributed by atoms with Crippen LogP contribution >= 0.6 is 0 Å². The highest BCUT2D eigenvalue weighted by molar-refractivity contribution is 7.21. The molecule has 0 unspecified atom stereocenters. The minimum Gasteiger partial charge on any atom is -0.0623 e. The Labute approximate surface area is 458 Å². The van der Waals surface area contributed by atoms with E-state index in [4.69, 9.17) is 0 Å². The molecule has 0 aliphatic rings. The monoisotopic (exact) mass is 1020 g/mol. The Morgan fingerprint density at radius 2 is 0.308 bits per heavy atom. The van der Waals surface area contributed by atoms with E-state index in [0.29, 0.717) is 0 Å². The van der Waals surface area contributed by atoms with Crippen LogP contribution in [0.25, 0.3) is 76.5 Å². The molecule has 0 atom stereocenters. The lowest BCUT2D eigenvalue weighted by Crippen LogP contribution is -2.74. The highest BCUT2D eigenvalue weighted by Crippen LogP contribution is 2.43. The molecule has 0 aliphatic carbocycles. The summed E-state index contributed by atoms with van der Waals surface area (Å²) in [5.74, 6) is 0. The van der Waals surface area contributed by atoms with Crippen LogP contribution in [-0.2, 0) is 0 Å². The van der Waals surface area contributed by atoms with Crippen molar-refractivity contribution in [3.63, 3.8) is 0 Å². The lowest BCUT2D eigenvalue weighted by atomic mass is 9.87. The topological polar surface area (TPSA) is 0 Å². The summed E-state index contributed by atoms with van der Waals surface area (Å²) < 4.78 is 0. The van der Waals surface area contributed by atoms with E-state index >= 15 is 0 Å². The third kappa shape index (κ3) is 7.56. The first-order valence-electron chi connectivity index (χ1n) is 27.2. The lowest BCUT2D eigenvalue weighted by Gasteiger charge is -2.35. The molecule has 0 aliphatic heterocycles. The van der Waals surface area contributed by atoms with Gasteiger partial charge >= 0.3 is 0 Å². The van der Waals surface area contributed by atoms with Gasteiger partial charge in [0.2, 0.25) is 0 Å². The molecule has 0 heterocycles. The predicted octanol–water partition coefficient (Wildman–Crippen LogP) is 14.1. The molecule has 2 heteroatoms. The third-order valence-electron chi connectivity index (χ3n) is 16.6. The van der Waals surface area contributed by atoms with E-state index in [1.54, 1.807) is 0 Å². The molecule has 0 amide bonds. The lowest BCUT2D eigenvalue weighted by molar-refractivity contribution is 1.65. The number of fused-ring (bicyclic) bond motifs is 4. The van der Waals surface area contributed by atoms with Gasteiger partial charge < -0.3 is 0 Å². The van der Waals surface area contributed by atoms with Gasteiger partial charge in [-0.3, -0.25) is 0 Å². The Kier molecular flexibility index (Phi) is 12.0. The second-order valence-corrected chi connectivity index (χ2v) is 28.1. The molecule has 14 rings (SSSR count). The van der Waals surface area contributed by atoms with Crippen molar-refractivity contribution in [2.75, 3.05) is 0 Å². The van der Waals surface area contributed by atoms with Gasteiger partial charge in [-0.05, 0) is 118 Å². The molecule has 78 heavy (non-hydrogen) atoms. The minimum atomic E-state index is -2.82. The van der Waals surface area contributed by atoms with E-state index in [1.165, 1.54) is 118 Å². The van der Waals surface area contributed by atoms with Crippen LogP contribution < -0.4 is 41.5 Å². The van der Waals surface area contributed by atoms with Crippen LogP contribution in [0.2, 0.25) is 0 Å². The number of benzene rings is 14. The van der Waals surface area contributed by atoms with E-state index in [-0.39, 0.29) is 0 Å². The Hall–Kier alpha value is -9.45. The summed E-state index contributed by atoms with van der Waals surface area (Å²) in [7, 11) is -5.64. The molecule has 0 aromatic heterocycles. The highest BCUT2D eigenvalue weighted by Gasteiger charge is 2.44. The highest BCUT2D eigenvalue weighted by atomic mass is 28.3. The van der Waals surface area contributed by atoms with Crippen LogP contribution in [0.3, 0.4) is 0 Å². The summed E-state index contributed by atoms with van der Waals surface area (Å²) in [5, 5.41) is 21.1. The van der Waals surface area contributed by atoms with E-state index in [9.17, 15) is 0 Å². The largest absolute Gasteiger partial charge is 0.180 e. The van der Waals surface area contributed by atoms with Crippen LogP contribution in [0.1, 0.15) is 0 Å². The molecule has 0 saturated heterocycles. The van der Waals surface area contributed by atoms with Crippen molar-refractivity contribution in [2.45, 2.75) is 0 Å². The Morgan fingerprint density at radius 1 is 0.128 bits per heavy atom. The fourth-order valence-electron chi connectivity index (χ4n) is 13.3. The summed E-state index contributed by atoms with van der Waals surface area (Å²) in [6.45, 7) is 0. The molecule has 0 spiro atoms. The maximum Gasteiger partial charge on any atom is 0.180 e. The summed E-state index contributed by atoms with van der Waals surface area (Å²) in [5.41, 5.74) is 7.40. The molecule has 0 bridgehead atoms. The second kappa shape index (κ2) is 19.9. The molecule has 0 radical (unpaired) electrons. The maximum absolute atomic E-state index is 2.82. The van der Waals surface area contributed by atoms with Crippen LogP contribution in [0.15, 0.2) is 328 Å². The van der Waals surface area contributed by atoms with Crippen molar-refractivity contribution in [2.24, 2.45) is 0 Å². The van der Waals surface area contributed by atoms with Gasteiger partial charge in [0.25, 0.3) is 0 Å². The summed E-state index contributed by atoms with van der Waals surface area (Å²) in [6, 6.07) is 123. The van der Waals surface area contributed by atoms with E-state index in [1.807, 2.05) is 0 Å². The van der Waals surface area contributed by atoms with Crippen molar-refractivity contribution in [3.05, 3.63) is 328 Å². The first-order chi connectivity index (χ1) is 38.7.